The molecule has 0 aromatic heterocycles. The summed E-state index contributed by atoms with van der Waals surface area (Å²) in [5, 5.41) is 0. The fraction of sp³-hybridized carbons (Fsp3) is 0.312. The topological polar surface area (TPSA) is 61.6 Å². The van der Waals surface area contributed by atoms with Crippen molar-refractivity contribution in [2.45, 2.75) is 17.4 Å². The highest BCUT2D eigenvalue weighted by atomic mass is 79.9. The van der Waals surface area contributed by atoms with Gasteiger partial charge in [0.15, 0.2) is 12.6 Å². The van der Waals surface area contributed by atoms with E-state index >= 15 is 0 Å². The molecule has 0 fully saturated rings. The molecule has 110 valence electrons. The molecule has 1 aromatic rings. The van der Waals surface area contributed by atoms with Crippen molar-refractivity contribution in [1.82, 2.24) is 0 Å². The number of halogens is 1. The number of carbonyl (C=O) groups excluding carboxylic acids is 1. The van der Waals surface area contributed by atoms with Crippen LogP contribution in [0.5, 0.6) is 5.75 Å². The summed E-state index contributed by atoms with van der Waals surface area (Å²) in [5.41, 5.74) is 7.38. The van der Waals surface area contributed by atoms with Gasteiger partial charge >= 0.3 is 0 Å². The van der Waals surface area contributed by atoms with Crippen LogP contribution in [0.1, 0.15) is 23.2 Å². The maximum Gasteiger partial charge on any atom is 0.191 e. The number of hydrogen-bond acceptors (Lipinski definition) is 4. The first kappa shape index (κ1) is 14.4. The molecule has 2 N–H and O–H groups in total. The molecule has 4 rings (SSSR count). The zero-order valence-corrected chi connectivity index (χ0v) is 13.0. The van der Waals surface area contributed by atoms with Gasteiger partial charge in [0, 0.05) is 17.2 Å². The van der Waals surface area contributed by atoms with Crippen LogP contribution in [0.2, 0.25) is 0 Å². The molecule has 3 aliphatic rings. The molecule has 0 saturated heterocycles. The second-order valence-corrected chi connectivity index (χ2v) is 6.58. The predicted molar refractivity (Wildman–Crippen MR) is 83.1 cm³/mol. The summed E-state index contributed by atoms with van der Waals surface area (Å²) in [6.45, 7) is 0.0881. The second-order valence-electron chi connectivity index (χ2n) is 5.23. The molecule has 4 bridgehead atoms. The predicted octanol–water partition coefficient (Wildman–Crippen LogP) is 3.14. The molecule has 2 aliphatic heterocycles. The highest BCUT2D eigenvalue weighted by Gasteiger charge is 2.32. The van der Waals surface area contributed by atoms with Crippen LogP contribution in [0.4, 0.5) is 0 Å². The Morgan fingerprint density at radius 3 is 3.05 bits per heavy atom. The molecular weight excluding hydrogens is 334 g/mol. The van der Waals surface area contributed by atoms with Gasteiger partial charge in [0.25, 0.3) is 0 Å². The summed E-state index contributed by atoms with van der Waals surface area (Å²) < 4.78 is 10.7. The van der Waals surface area contributed by atoms with Gasteiger partial charge in [-0.3, -0.25) is 4.79 Å². The minimum absolute atomic E-state index is 0.0518. The Morgan fingerprint density at radius 2 is 2.24 bits per heavy atom. The van der Waals surface area contributed by atoms with E-state index in [2.05, 4.69) is 15.9 Å². The number of hydrogen-bond donors (Lipinski definition) is 1. The fourth-order valence-electron chi connectivity index (χ4n) is 2.50. The molecular formula is C16H16BrNO3. The van der Waals surface area contributed by atoms with Crippen molar-refractivity contribution < 1.29 is 14.3 Å². The minimum atomic E-state index is -0.600. The molecule has 21 heavy (non-hydrogen) atoms. The summed E-state index contributed by atoms with van der Waals surface area (Å²) in [7, 11) is 0. The van der Waals surface area contributed by atoms with E-state index in [0.29, 0.717) is 17.0 Å². The Balaban J connectivity index is 1.97. The molecule has 0 radical (unpaired) electrons. The van der Waals surface area contributed by atoms with Crippen LogP contribution in [0.25, 0.3) is 0 Å². The highest BCUT2D eigenvalue weighted by Crippen LogP contribution is 2.37. The third-order valence-corrected chi connectivity index (χ3v) is 4.58. The summed E-state index contributed by atoms with van der Waals surface area (Å²) in [5.74, 6) is 0.619. The molecule has 0 spiro atoms. The molecule has 4 nitrogen and oxygen atoms in total. The van der Waals surface area contributed by atoms with Gasteiger partial charge in [0.2, 0.25) is 0 Å². The summed E-state index contributed by atoms with van der Waals surface area (Å²) in [6.07, 6.45) is 6.89. The summed E-state index contributed by atoms with van der Waals surface area (Å²) in [4.78, 5) is 12.2. The van der Waals surface area contributed by atoms with Crippen LogP contribution in [-0.2, 0) is 4.74 Å². The molecule has 1 aliphatic carbocycles. The average molecular weight is 350 g/mol. The number of carbonyl (C=O) groups is 1. The van der Waals surface area contributed by atoms with Gasteiger partial charge < -0.3 is 15.2 Å². The molecule has 5 heteroatoms. The number of nitrogens with two attached hydrogens (primary N) is 1. The van der Waals surface area contributed by atoms with E-state index in [1.54, 1.807) is 30.3 Å². The van der Waals surface area contributed by atoms with Crippen molar-refractivity contribution >= 4 is 21.7 Å². The van der Waals surface area contributed by atoms with Crippen molar-refractivity contribution in [3.63, 3.8) is 0 Å². The molecule has 2 heterocycles. The van der Waals surface area contributed by atoms with Gasteiger partial charge in [-0.1, -0.05) is 18.2 Å². The van der Waals surface area contributed by atoms with Crippen LogP contribution in [-0.4, -0.2) is 17.1 Å². The van der Waals surface area contributed by atoms with E-state index < -0.39 is 4.51 Å². The quantitative estimate of drug-likeness (QED) is 0.731. The Kier molecular flexibility index (Phi) is 3.87. The van der Waals surface area contributed by atoms with Gasteiger partial charge in [-0.15, -0.1) is 0 Å². The lowest BCUT2D eigenvalue weighted by Gasteiger charge is -2.31. The van der Waals surface area contributed by atoms with Gasteiger partial charge in [-0.2, -0.15) is 0 Å². The number of ether oxygens (including phenoxy) is 2. The van der Waals surface area contributed by atoms with E-state index in [4.69, 9.17) is 15.2 Å². The lowest BCUT2D eigenvalue weighted by atomic mass is 9.90. The van der Waals surface area contributed by atoms with Crippen molar-refractivity contribution in [2.24, 2.45) is 11.7 Å². The van der Waals surface area contributed by atoms with Crippen LogP contribution in [0, 0.1) is 5.92 Å². The van der Waals surface area contributed by atoms with E-state index in [0.717, 1.165) is 12.8 Å². The zero-order chi connectivity index (χ0) is 14.9. The van der Waals surface area contributed by atoms with Gasteiger partial charge in [0.1, 0.15) is 10.3 Å². The largest absolute Gasteiger partial charge is 0.467 e. The monoisotopic (exact) mass is 349 g/mol. The first-order valence-electron chi connectivity index (χ1n) is 6.82. The summed E-state index contributed by atoms with van der Waals surface area (Å²) >= 11 is 3.56. The third kappa shape index (κ3) is 3.19. The van der Waals surface area contributed by atoms with E-state index in [1.807, 2.05) is 12.2 Å². The standard InChI is InChI=1S/C16H16BrNO3/c17-16-7-6-11(14(18)9-16)4-5-15(19)12-2-1-3-13(8-12)20-10-21-16/h1-5,8-9,11H,6-7,10,18H2. The number of alkyl halides is 1. The SMILES string of the molecule is NC1=CC2(Br)CCC1C=CC(=O)c1cccc(c1)OCO2. The molecule has 0 saturated carbocycles. The average Bonchev–Trinajstić information content (AvgIpc) is 2.46. The highest BCUT2D eigenvalue weighted by molar-refractivity contribution is 9.10. The number of fused-ring (bicyclic) bond motifs is 4. The van der Waals surface area contributed by atoms with E-state index in [1.165, 1.54) is 0 Å². The number of rotatable bonds is 0. The maximum absolute atomic E-state index is 12.2. The molecule has 2 unspecified atom stereocenters. The minimum Gasteiger partial charge on any atom is -0.467 e. The normalized spacial score (nSPS) is 28.9. The fourth-order valence-corrected chi connectivity index (χ4v) is 3.09. The van der Waals surface area contributed by atoms with Gasteiger partial charge in [-0.25, -0.2) is 0 Å². The van der Waals surface area contributed by atoms with Crippen LogP contribution in [0.15, 0.2) is 48.2 Å². The molecule has 0 amide bonds. The number of allylic oxidation sites excluding steroid dienone is 2. The molecule has 1 aromatic carbocycles. The van der Waals surface area contributed by atoms with Gasteiger partial charge in [0.05, 0.1) is 0 Å². The van der Waals surface area contributed by atoms with Crippen LogP contribution >= 0.6 is 15.9 Å². The first-order chi connectivity index (χ1) is 10.1. The van der Waals surface area contributed by atoms with Crippen LogP contribution < -0.4 is 10.5 Å². The van der Waals surface area contributed by atoms with Crippen molar-refractivity contribution in [3.8, 4) is 5.75 Å². The lowest BCUT2D eigenvalue weighted by molar-refractivity contribution is -0.0366. The Labute approximate surface area is 131 Å². The smallest absolute Gasteiger partial charge is 0.191 e. The number of benzene rings is 1. The zero-order valence-electron chi connectivity index (χ0n) is 11.4. The van der Waals surface area contributed by atoms with E-state index in [-0.39, 0.29) is 18.5 Å². The molecule has 2 atom stereocenters. The Morgan fingerprint density at radius 1 is 1.38 bits per heavy atom. The van der Waals surface area contributed by atoms with Crippen molar-refractivity contribution in [2.75, 3.05) is 6.79 Å². The lowest BCUT2D eigenvalue weighted by Crippen LogP contribution is -2.32. The van der Waals surface area contributed by atoms with Crippen molar-refractivity contribution in [1.29, 1.82) is 0 Å². The third-order valence-electron chi connectivity index (χ3n) is 3.73. The second kappa shape index (κ2) is 5.66. The Hall–Kier alpha value is -1.59. The van der Waals surface area contributed by atoms with Crippen LogP contribution in [0.3, 0.4) is 0 Å². The summed E-state index contributed by atoms with van der Waals surface area (Å²) in [6, 6.07) is 7.07. The van der Waals surface area contributed by atoms with Gasteiger partial charge in [-0.05, 0) is 53.1 Å². The maximum atomic E-state index is 12.2. The van der Waals surface area contributed by atoms with Crippen molar-refractivity contribution in [3.05, 3.63) is 53.8 Å². The van der Waals surface area contributed by atoms with E-state index in [9.17, 15) is 4.79 Å². The Bertz CT molecular complexity index is 626. The number of ketones is 1. The first-order valence-corrected chi connectivity index (χ1v) is 7.61.